The van der Waals surface area contributed by atoms with Crippen LogP contribution in [0.2, 0.25) is 0 Å². The zero-order valence-electron chi connectivity index (χ0n) is 20.5. The van der Waals surface area contributed by atoms with Gasteiger partial charge >= 0.3 is 5.97 Å². The highest BCUT2D eigenvalue weighted by Gasteiger charge is 2.34. The monoisotopic (exact) mass is 497 g/mol. The van der Waals surface area contributed by atoms with Crippen LogP contribution in [-0.2, 0) is 0 Å². The van der Waals surface area contributed by atoms with Gasteiger partial charge in [-0.05, 0) is 63.2 Å². The Bertz CT molecular complexity index is 1610. The molecule has 0 unspecified atom stereocenters. The predicted molar refractivity (Wildman–Crippen MR) is 139 cm³/mol. The molecule has 0 fully saturated rings. The third kappa shape index (κ3) is 4.49. The highest BCUT2D eigenvalue weighted by Crippen LogP contribution is 2.42. The van der Waals surface area contributed by atoms with E-state index >= 15 is 0 Å². The number of anilines is 1. The van der Waals surface area contributed by atoms with E-state index in [0.29, 0.717) is 33.5 Å². The van der Waals surface area contributed by atoms with Crippen molar-refractivity contribution in [2.75, 3.05) is 4.90 Å². The molecule has 7 nitrogen and oxygen atoms in total. The van der Waals surface area contributed by atoms with Crippen molar-refractivity contribution in [2.24, 2.45) is 0 Å². The number of aromatic nitrogens is 2. The Hall–Kier alpha value is -4.72. The minimum Gasteiger partial charge on any atom is -0.475 e. The molecule has 37 heavy (non-hydrogen) atoms. The molecule has 0 saturated carbocycles. The number of rotatable bonds is 5. The fourth-order valence-electron chi connectivity index (χ4n) is 4.30. The van der Waals surface area contributed by atoms with Crippen molar-refractivity contribution in [2.45, 2.75) is 26.3 Å². The number of aromatic carboxylic acids is 1. The Morgan fingerprint density at radius 2 is 1.70 bits per heavy atom. The molecule has 0 aliphatic rings. The van der Waals surface area contributed by atoms with Crippen LogP contribution in [0.1, 0.15) is 41.7 Å². The molecule has 0 radical (unpaired) electrons. The molecule has 5 rings (SSSR count). The van der Waals surface area contributed by atoms with Crippen LogP contribution in [0.25, 0.3) is 27.8 Å². The van der Waals surface area contributed by atoms with Gasteiger partial charge in [-0.2, -0.15) is 5.10 Å². The number of hydrogen-bond acceptors (Lipinski definition) is 4. The van der Waals surface area contributed by atoms with Crippen LogP contribution in [0.3, 0.4) is 0 Å². The van der Waals surface area contributed by atoms with E-state index in [1.165, 1.54) is 18.2 Å². The topological polar surface area (TPSA) is 88.6 Å². The number of furan rings is 1. The van der Waals surface area contributed by atoms with Gasteiger partial charge in [0.1, 0.15) is 5.82 Å². The lowest BCUT2D eigenvalue weighted by atomic mass is 9.97. The number of nitrogens with zero attached hydrogens (tertiary/aromatic N) is 3. The Morgan fingerprint density at radius 3 is 2.35 bits per heavy atom. The number of benzene rings is 3. The maximum absolute atomic E-state index is 13.9. The summed E-state index contributed by atoms with van der Waals surface area (Å²) in [5, 5.41) is 14.6. The summed E-state index contributed by atoms with van der Waals surface area (Å²) in [4.78, 5) is 27.3. The minimum atomic E-state index is -1.20. The predicted octanol–water partition coefficient (Wildman–Crippen LogP) is 6.57. The summed E-state index contributed by atoms with van der Waals surface area (Å²) in [5.74, 6) is -2.04. The quantitative estimate of drug-likeness (QED) is 0.297. The maximum Gasteiger partial charge on any atom is 0.371 e. The molecule has 2 heterocycles. The molecule has 0 aliphatic carbocycles. The van der Waals surface area contributed by atoms with Crippen molar-refractivity contribution >= 4 is 28.5 Å². The Balaban J connectivity index is 1.75. The average Bonchev–Trinajstić information content (AvgIpc) is 3.52. The van der Waals surface area contributed by atoms with Crippen LogP contribution < -0.4 is 4.90 Å². The first-order valence-electron chi connectivity index (χ1n) is 11.6. The zero-order valence-corrected chi connectivity index (χ0v) is 20.5. The van der Waals surface area contributed by atoms with Crippen LogP contribution in [0.4, 0.5) is 10.1 Å². The summed E-state index contributed by atoms with van der Waals surface area (Å²) in [6.45, 7) is 5.71. The molecular weight excluding hydrogens is 473 g/mol. The van der Waals surface area contributed by atoms with Crippen LogP contribution in [0.15, 0.2) is 89.6 Å². The second kappa shape index (κ2) is 9.05. The fraction of sp³-hybridized carbons (Fsp3) is 0.138. The van der Waals surface area contributed by atoms with E-state index in [4.69, 9.17) is 4.42 Å². The van der Waals surface area contributed by atoms with Gasteiger partial charge in [-0.3, -0.25) is 9.69 Å². The van der Waals surface area contributed by atoms with Gasteiger partial charge in [0.05, 0.1) is 17.6 Å². The molecule has 1 N–H and O–H groups in total. The molecule has 2 aromatic heterocycles. The lowest BCUT2D eigenvalue weighted by molar-refractivity contribution is 0.0665. The largest absolute Gasteiger partial charge is 0.475 e. The van der Waals surface area contributed by atoms with E-state index < -0.39 is 11.5 Å². The summed E-state index contributed by atoms with van der Waals surface area (Å²) < 4.78 is 20.9. The normalized spacial score (nSPS) is 11.6. The lowest BCUT2D eigenvalue weighted by Crippen LogP contribution is -2.46. The number of carboxylic acids is 1. The van der Waals surface area contributed by atoms with Gasteiger partial charge < -0.3 is 9.52 Å². The number of amides is 1. The number of fused-ring (bicyclic) bond motifs is 1. The van der Waals surface area contributed by atoms with Gasteiger partial charge in [0.15, 0.2) is 5.58 Å². The third-order valence-electron chi connectivity index (χ3n) is 5.97. The minimum absolute atomic E-state index is 0.226. The molecule has 3 aromatic carbocycles. The van der Waals surface area contributed by atoms with Crippen LogP contribution in [0.5, 0.6) is 0 Å². The molecule has 186 valence electrons. The van der Waals surface area contributed by atoms with Gasteiger partial charge in [0.2, 0.25) is 5.76 Å². The van der Waals surface area contributed by atoms with Gasteiger partial charge in [0.25, 0.3) is 5.91 Å². The number of carbonyl (C=O) groups is 2. The van der Waals surface area contributed by atoms with Crippen molar-refractivity contribution in [1.29, 1.82) is 0 Å². The first-order valence-corrected chi connectivity index (χ1v) is 11.6. The first-order chi connectivity index (χ1) is 17.6. The highest BCUT2D eigenvalue weighted by molar-refractivity contribution is 6.14. The van der Waals surface area contributed by atoms with Crippen LogP contribution in [0, 0.1) is 5.82 Å². The molecule has 0 saturated heterocycles. The number of carboxylic acid groups (broad SMARTS) is 1. The molecule has 1 amide bonds. The summed E-state index contributed by atoms with van der Waals surface area (Å²) in [6, 6.07) is 19.8. The number of halogens is 1. The van der Waals surface area contributed by atoms with E-state index in [1.807, 2.05) is 32.9 Å². The standard InChI is InChI=1S/C29H24FN3O4/c1-29(2,3)33(27(34)18-7-5-4-6-8-18)25-23(14-9-19-15-24(28(35)36)37-26(19)25)20-16-31-32(17-20)22-12-10-21(30)11-13-22/h4-17H,1-3H3,(H,35,36). The lowest BCUT2D eigenvalue weighted by Gasteiger charge is -2.37. The van der Waals surface area contributed by atoms with Crippen molar-refractivity contribution in [3.05, 3.63) is 102 Å². The SMILES string of the molecule is CC(C)(C)N(C(=O)c1ccccc1)c1c(-c2cnn(-c3ccc(F)cc3)c2)ccc2cc(C(=O)O)oc12. The van der Waals surface area contributed by atoms with Crippen LogP contribution in [-0.4, -0.2) is 32.3 Å². The highest BCUT2D eigenvalue weighted by atomic mass is 19.1. The van der Waals surface area contributed by atoms with Gasteiger partial charge in [-0.25, -0.2) is 13.9 Å². The van der Waals surface area contributed by atoms with Crippen LogP contribution >= 0.6 is 0 Å². The first kappa shape index (κ1) is 24.0. The van der Waals surface area contributed by atoms with E-state index in [2.05, 4.69) is 5.10 Å². The molecule has 0 atom stereocenters. The third-order valence-corrected chi connectivity index (χ3v) is 5.97. The van der Waals surface area contributed by atoms with E-state index in [0.717, 1.165) is 0 Å². The van der Waals surface area contributed by atoms with Crippen molar-refractivity contribution in [3.63, 3.8) is 0 Å². The van der Waals surface area contributed by atoms with Gasteiger partial charge in [0, 0.05) is 33.8 Å². The van der Waals surface area contributed by atoms with Crippen molar-refractivity contribution in [1.82, 2.24) is 9.78 Å². The molecule has 0 aliphatic heterocycles. The smallest absolute Gasteiger partial charge is 0.371 e. The molecule has 0 spiro atoms. The Labute approximate surface area is 212 Å². The molecular formula is C29H24FN3O4. The zero-order chi connectivity index (χ0) is 26.3. The van der Waals surface area contributed by atoms with E-state index in [9.17, 15) is 19.1 Å². The second-order valence-corrected chi connectivity index (χ2v) is 9.62. The summed E-state index contributed by atoms with van der Waals surface area (Å²) >= 11 is 0. The Kier molecular flexibility index (Phi) is 5.87. The van der Waals surface area contributed by atoms with Crippen molar-refractivity contribution < 1.29 is 23.5 Å². The summed E-state index contributed by atoms with van der Waals surface area (Å²) in [7, 11) is 0. The summed E-state index contributed by atoms with van der Waals surface area (Å²) in [6.07, 6.45) is 3.41. The number of carbonyl (C=O) groups excluding carboxylic acids is 1. The van der Waals surface area contributed by atoms with Crippen molar-refractivity contribution in [3.8, 4) is 16.8 Å². The molecule has 5 aromatic rings. The van der Waals surface area contributed by atoms with Gasteiger partial charge in [-0.1, -0.05) is 30.3 Å². The fourth-order valence-corrected chi connectivity index (χ4v) is 4.30. The van der Waals surface area contributed by atoms with E-state index in [1.54, 1.807) is 64.4 Å². The average molecular weight is 498 g/mol. The summed E-state index contributed by atoms with van der Waals surface area (Å²) in [5.41, 5.74) is 2.45. The Morgan fingerprint density at radius 1 is 1.00 bits per heavy atom. The molecule has 0 bridgehead atoms. The van der Waals surface area contributed by atoms with Gasteiger partial charge in [-0.15, -0.1) is 0 Å². The second-order valence-electron chi connectivity index (χ2n) is 9.62. The van der Waals surface area contributed by atoms with E-state index in [-0.39, 0.29) is 23.1 Å². The maximum atomic E-state index is 13.9. The molecule has 8 heteroatoms. The number of hydrogen-bond donors (Lipinski definition) is 1.